The number of anilines is 1. The molecule has 0 bridgehead atoms. The van der Waals surface area contributed by atoms with Gasteiger partial charge in [-0.3, -0.25) is 13.9 Å². The van der Waals surface area contributed by atoms with Crippen LogP contribution in [0.5, 0.6) is 0 Å². The van der Waals surface area contributed by atoms with Crippen LogP contribution in [0.4, 0.5) is 5.69 Å². The number of rotatable bonds is 12. The molecule has 0 aliphatic heterocycles. The van der Waals surface area contributed by atoms with Gasteiger partial charge in [0.05, 0.1) is 20.6 Å². The van der Waals surface area contributed by atoms with Crippen molar-refractivity contribution in [1.82, 2.24) is 10.2 Å². The number of hydrogen-bond acceptors (Lipinski definition) is 4. The normalized spacial score (nSPS) is 12.2. The van der Waals surface area contributed by atoms with Gasteiger partial charge in [-0.15, -0.1) is 0 Å². The average Bonchev–Trinajstić information content (AvgIpc) is 2.93. The fourth-order valence-corrected chi connectivity index (χ4v) is 6.16. The third-order valence-corrected chi connectivity index (χ3v) is 9.26. The van der Waals surface area contributed by atoms with Gasteiger partial charge < -0.3 is 10.2 Å². The summed E-state index contributed by atoms with van der Waals surface area (Å²) in [5.74, 6) is -0.701. The van der Waals surface area contributed by atoms with Gasteiger partial charge in [0, 0.05) is 18.1 Å². The molecule has 7 nitrogen and oxygen atoms in total. The van der Waals surface area contributed by atoms with E-state index in [4.69, 9.17) is 34.8 Å². The van der Waals surface area contributed by atoms with Crippen molar-refractivity contribution in [2.24, 2.45) is 5.92 Å². The number of benzene rings is 3. The molecule has 0 saturated heterocycles. The number of aryl methyl sites for hydroxylation is 1. The third-order valence-electron chi connectivity index (χ3n) is 6.42. The van der Waals surface area contributed by atoms with Gasteiger partial charge in [-0.2, -0.15) is 0 Å². The Hall–Kier alpha value is -2.78. The van der Waals surface area contributed by atoms with E-state index in [9.17, 15) is 18.0 Å². The summed E-state index contributed by atoms with van der Waals surface area (Å²) in [6, 6.07) is 16.9. The number of nitrogens with one attached hydrogen (secondary N) is 1. The number of halogens is 3. The quantitative estimate of drug-likeness (QED) is 0.238. The Morgan fingerprint density at radius 3 is 2.15 bits per heavy atom. The molecule has 0 spiro atoms. The zero-order valence-electron chi connectivity index (χ0n) is 23.4. The van der Waals surface area contributed by atoms with Crippen molar-refractivity contribution in [3.63, 3.8) is 0 Å². The molecule has 0 saturated carbocycles. The largest absolute Gasteiger partial charge is 0.354 e. The van der Waals surface area contributed by atoms with Crippen LogP contribution in [0.2, 0.25) is 15.1 Å². The monoisotopic (exact) mass is 637 g/mol. The molecule has 0 aromatic heterocycles. The Kier molecular flexibility index (Phi) is 11.5. The lowest BCUT2D eigenvalue weighted by Gasteiger charge is -2.33. The number of amides is 2. The molecule has 0 heterocycles. The highest BCUT2D eigenvalue weighted by atomic mass is 35.5. The molecule has 3 rings (SSSR count). The van der Waals surface area contributed by atoms with Gasteiger partial charge in [0.25, 0.3) is 10.0 Å². The minimum atomic E-state index is -4.27. The highest BCUT2D eigenvalue weighted by Gasteiger charge is 2.34. The minimum Gasteiger partial charge on any atom is -0.354 e. The van der Waals surface area contributed by atoms with Crippen LogP contribution in [0.3, 0.4) is 0 Å². The van der Waals surface area contributed by atoms with Crippen LogP contribution in [0.1, 0.15) is 38.3 Å². The van der Waals surface area contributed by atoms with Crippen molar-refractivity contribution in [3.05, 3.63) is 92.9 Å². The number of carbonyl (C=O) groups is 2. The molecular formula is C30H34Cl3N3O4S. The van der Waals surface area contributed by atoms with Crippen molar-refractivity contribution in [2.45, 2.75) is 51.6 Å². The predicted molar refractivity (Wildman–Crippen MR) is 166 cm³/mol. The zero-order chi connectivity index (χ0) is 30.3. The van der Waals surface area contributed by atoms with E-state index in [1.54, 1.807) is 49.4 Å². The lowest BCUT2D eigenvalue weighted by Crippen LogP contribution is -2.52. The standard InChI is InChI=1S/C30H34Cl3N3O4S/c1-5-26(30(38)34-17-20(2)3)35(18-22-11-13-23(31)14-12-22)28(37)19-36(27-8-6-7-25(32)29(27)33)41(39,40)24-15-9-21(4)10-16-24/h6-16,20,26H,5,17-19H2,1-4H3,(H,34,38)/t26-/m1/s1. The van der Waals surface area contributed by atoms with Gasteiger partial charge in [-0.05, 0) is 61.2 Å². The molecule has 41 heavy (non-hydrogen) atoms. The lowest BCUT2D eigenvalue weighted by atomic mass is 10.1. The van der Waals surface area contributed by atoms with Crippen molar-refractivity contribution in [1.29, 1.82) is 0 Å². The summed E-state index contributed by atoms with van der Waals surface area (Å²) in [6.45, 7) is 7.47. The first kappa shape index (κ1) is 32.7. The highest BCUT2D eigenvalue weighted by molar-refractivity contribution is 7.92. The molecule has 0 radical (unpaired) electrons. The van der Waals surface area contributed by atoms with Gasteiger partial charge in [-0.1, -0.05) is 91.5 Å². The second-order valence-corrected chi connectivity index (χ2v) is 13.2. The molecule has 11 heteroatoms. The maximum absolute atomic E-state index is 14.1. The summed E-state index contributed by atoms with van der Waals surface area (Å²) in [5.41, 5.74) is 1.66. The lowest BCUT2D eigenvalue weighted by molar-refractivity contribution is -0.140. The Labute approximate surface area is 257 Å². The molecular weight excluding hydrogens is 605 g/mol. The zero-order valence-corrected chi connectivity index (χ0v) is 26.5. The smallest absolute Gasteiger partial charge is 0.264 e. The van der Waals surface area contributed by atoms with Crippen molar-refractivity contribution >= 4 is 62.3 Å². The summed E-state index contributed by atoms with van der Waals surface area (Å²) in [5, 5.41) is 3.56. The summed E-state index contributed by atoms with van der Waals surface area (Å²) in [6.07, 6.45) is 0.311. The van der Waals surface area contributed by atoms with E-state index in [0.717, 1.165) is 15.4 Å². The molecule has 2 amide bonds. The van der Waals surface area contributed by atoms with Crippen molar-refractivity contribution in [2.75, 3.05) is 17.4 Å². The highest BCUT2D eigenvalue weighted by Crippen LogP contribution is 2.35. The first-order valence-corrected chi connectivity index (χ1v) is 15.8. The van der Waals surface area contributed by atoms with Crippen LogP contribution in [0.25, 0.3) is 0 Å². The summed E-state index contributed by atoms with van der Waals surface area (Å²) < 4.78 is 28.9. The third kappa shape index (κ3) is 8.38. The molecule has 1 N–H and O–H groups in total. The number of nitrogens with zero attached hydrogens (tertiary/aromatic N) is 2. The summed E-state index contributed by atoms with van der Waals surface area (Å²) in [7, 11) is -4.27. The molecule has 0 unspecified atom stereocenters. The Morgan fingerprint density at radius 1 is 0.927 bits per heavy atom. The SMILES string of the molecule is CC[C@H](C(=O)NCC(C)C)N(Cc1ccc(Cl)cc1)C(=O)CN(c1cccc(Cl)c1Cl)S(=O)(=O)c1ccc(C)cc1. The molecule has 0 fully saturated rings. The Bertz CT molecular complexity index is 1460. The molecule has 0 aliphatic carbocycles. The topological polar surface area (TPSA) is 86.8 Å². The van der Waals surface area contributed by atoms with Crippen LogP contribution >= 0.6 is 34.8 Å². The first-order valence-electron chi connectivity index (χ1n) is 13.2. The van der Waals surface area contributed by atoms with E-state index in [1.165, 1.54) is 29.2 Å². The number of carbonyl (C=O) groups excluding carboxylic acids is 2. The molecule has 3 aromatic rings. The van der Waals surface area contributed by atoms with Crippen LogP contribution in [0.15, 0.2) is 71.6 Å². The second-order valence-electron chi connectivity index (χ2n) is 10.1. The maximum atomic E-state index is 14.1. The number of hydrogen-bond donors (Lipinski definition) is 1. The fraction of sp³-hybridized carbons (Fsp3) is 0.333. The Balaban J connectivity index is 2.08. The number of sulfonamides is 1. The van der Waals surface area contributed by atoms with Crippen LogP contribution in [0, 0.1) is 12.8 Å². The second kappa shape index (κ2) is 14.4. The van der Waals surface area contributed by atoms with Gasteiger partial charge >= 0.3 is 0 Å². The van der Waals surface area contributed by atoms with Crippen LogP contribution < -0.4 is 9.62 Å². The average molecular weight is 639 g/mol. The maximum Gasteiger partial charge on any atom is 0.264 e. The molecule has 0 aliphatic rings. The molecule has 3 aromatic carbocycles. The minimum absolute atomic E-state index is 0.0105. The molecule has 220 valence electrons. The van der Waals surface area contributed by atoms with Gasteiger partial charge in [0.1, 0.15) is 12.6 Å². The fourth-order valence-electron chi connectivity index (χ4n) is 4.16. The summed E-state index contributed by atoms with van der Waals surface area (Å²) in [4.78, 5) is 28.8. The van der Waals surface area contributed by atoms with Gasteiger partial charge in [0.2, 0.25) is 11.8 Å². The van der Waals surface area contributed by atoms with E-state index in [1.807, 2.05) is 20.8 Å². The van der Waals surface area contributed by atoms with E-state index < -0.39 is 28.5 Å². The van der Waals surface area contributed by atoms with Crippen LogP contribution in [-0.4, -0.2) is 44.3 Å². The van der Waals surface area contributed by atoms with E-state index in [-0.39, 0.29) is 39.0 Å². The van der Waals surface area contributed by atoms with Gasteiger partial charge in [0.15, 0.2) is 0 Å². The first-order chi connectivity index (χ1) is 19.3. The van der Waals surface area contributed by atoms with E-state index >= 15 is 0 Å². The van der Waals surface area contributed by atoms with Crippen molar-refractivity contribution in [3.8, 4) is 0 Å². The van der Waals surface area contributed by atoms with Crippen LogP contribution in [-0.2, 0) is 26.2 Å². The summed E-state index contributed by atoms with van der Waals surface area (Å²) >= 11 is 18.8. The predicted octanol–water partition coefficient (Wildman–Crippen LogP) is 6.73. The van der Waals surface area contributed by atoms with E-state index in [0.29, 0.717) is 18.0 Å². The molecule has 1 atom stereocenters. The van der Waals surface area contributed by atoms with Gasteiger partial charge in [-0.25, -0.2) is 8.42 Å². The van der Waals surface area contributed by atoms with E-state index in [2.05, 4.69) is 5.32 Å². The Morgan fingerprint density at radius 2 is 1.56 bits per heavy atom. The van der Waals surface area contributed by atoms with Crippen molar-refractivity contribution < 1.29 is 18.0 Å².